The Kier molecular flexibility index (Phi) is 4.09. The summed E-state index contributed by atoms with van der Waals surface area (Å²) in [5.74, 6) is -0.517. The Morgan fingerprint density at radius 3 is 2.18 bits per heavy atom. The SMILES string of the molecule is CNC(=O)CC1CS(=O)(=O)CCN1C(=O)C1C(C)(C)C1(C)C. The maximum atomic E-state index is 12.9. The normalized spacial score (nSPS) is 29.0. The Labute approximate surface area is 132 Å². The van der Waals surface area contributed by atoms with Crippen LogP contribution in [0.15, 0.2) is 0 Å². The molecule has 1 atom stereocenters. The fraction of sp³-hybridized carbons (Fsp3) is 0.867. The van der Waals surface area contributed by atoms with Gasteiger partial charge < -0.3 is 10.2 Å². The van der Waals surface area contributed by atoms with E-state index < -0.39 is 15.9 Å². The molecule has 126 valence electrons. The van der Waals surface area contributed by atoms with Crippen molar-refractivity contribution in [3.8, 4) is 0 Å². The maximum Gasteiger partial charge on any atom is 0.227 e. The summed E-state index contributed by atoms with van der Waals surface area (Å²) in [4.78, 5) is 26.2. The molecule has 7 heteroatoms. The number of rotatable bonds is 3. The van der Waals surface area contributed by atoms with Crippen LogP contribution in [0.1, 0.15) is 34.1 Å². The van der Waals surface area contributed by atoms with Crippen LogP contribution in [0.4, 0.5) is 0 Å². The number of carbonyl (C=O) groups excluding carboxylic acids is 2. The highest BCUT2D eigenvalue weighted by Gasteiger charge is 2.69. The molecule has 0 radical (unpaired) electrons. The molecule has 6 nitrogen and oxygen atoms in total. The highest BCUT2D eigenvalue weighted by molar-refractivity contribution is 7.91. The Balaban J connectivity index is 2.20. The number of hydrogen-bond acceptors (Lipinski definition) is 4. The summed E-state index contributed by atoms with van der Waals surface area (Å²) in [6.45, 7) is 8.42. The topological polar surface area (TPSA) is 83.6 Å². The monoisotopic (exact) mass is 330 g/mol. The Morgan fingerprint density at radius 2 is 1.73 bits per heavy atom. The third-order valence-electron chi connectivity index (χ3n) is 5.78. The molecule has 2 aliphatic rings. The predicted molar refractivity (Wildman–Crippen MR) is 83.9 cm³/mol. The van der Waals surface area contributed by atoms with Gasteiger partial charge in [0.25, 0.3) is 0 Å². The van der Waals surface area contributed by atoms with E-state index in [2.05, 4.69) is 33.0 Å². The van der Waals surface area contributed by atoms with Crippen molar-refractivity contribution in [2.45, 2.75) is 40.2 Å². The first-order chi connectivity index (χ1) is 9.94. The van der Waals surface area contributed by atoms with Crippen molar-refractivity contribution in [1.29, 1.82) is 0 Å². The molecule has 0 aromatic carbocycles. The number of nitrogens with one attached hydrogen (secondary N) is 1. The van der Waals surface area contributed by atoms with E-state index in [4.69, 9.17) is 0 Å². The molecule has 1 saturated heterocycles. The number of sulfone groups is 1. The molecule has 0 bridgehead atoms. The minimum atomic E-state index is -3.19. The highest BCUT2D eigenvalue weighted by atomic mass is 32.2. The van der Waals surface area contributed by atoms with Gasteiger partial charge in [0, 0.05) is 25.9 Å². The van der Waals surface area contributed by atoms with Crippen LogP contribution in [0.5, 0.6) is 0 Å². The fourth-order valence-corrected chi connectivity index (χ4v) is 5.17. The standard InChI is InChI=1S/C15H26N2O4S/c1-14(2)12(15(14,3)4)13(19)17-6-7-22(20,21)9-10(17)8-11(18)16-5/h10,12H,6-9H2,1-5H3,(H,16,18). The number of carbonyl (C=O) groups is 2. The van der Waals surface area contributed by atoms with Gasteiger partial charge in [0.1, 0.15) is 0 Å². The number of amides is 2. The van der Waals surface area contributed by atoms with E-state index in [-0.39, 0.29) is 53.0 Å². The van der Waals surface area contributed by atoms with Gasteiger partial charge in [-0.2, -0.15) is 0 Å². The first kappa shape index (κ1) is 17.2. The third kappa shape index (κ3) is 2.75. The van der Waals surface area contributed by atoms with E-state index in [1.54, 1.807) is 4.90 Å². The van der Waals surface area contributed by atoms with Crippen molar-refractivity contribution in [2.24, 2.45) is 16.7 Å². The van der Waals surface area contributed by atoms with Gasteiger partial charge >= 0.3 is 0 Å². The van der Waals surface area contributed by atoms with Gasteiger partial charge in [-0.15, -0.1) is 0 Å². The lowest BCUT2D eigenvalue weighted by Gasteiger charge is -2.35. The lowest BCUT2D eigenvalue weighted by atomic mass is 10.0. The summed E-state index contributed by atoms with van der Waals surface area (Å²) >= 11 is 0. The van der Waals surface area contributed by atoms with Gasteiger partial charge in [-0.3, -0.25) is 9.59 Å². The largest absolute Gasteiger partial charge is 0.359 e. The molecule has 1 heterocycles. The van der Waals surface area contributed by atoms with Crippen LogP contribution in [0.3, 0.4) is 0 Å². The zero-order chi connectivity index (χ0) is 16.9. The number of hydrogen-bond donors (Lipinski definition) is 1. The van der Waals surface area contributed by atoms with Crippen molar-refractivity contribution in [3.05, 3.63) is 0 Å². The number of nitrogens with zero attached hydrogens (tertiary/aromatic N) is 1. The van der Waals surface area contributed by atoms with Crippen LogP contribution in [0.25, 0.3) is 0 Å². The van der Waals surface area contributed by atoms with Gasteiger partial charge in [0.05, 0.1) is 17.5 Å². The van der Waals surface area contributed by atoms with Crippen LogP contribution in [0, 0.1) is 16.7 Å². The van der Waals surface area contributed by atoms with E-state index >= 15 is 0 Å². The molecule has 1 saturated carbocycles. The quantitative estimate of drug-likeness (QED) is 0.813. The molecule has 0 aromatic rings. The fourth-order valence-electron chi connectivity index (χ4n) is 3.64. The van der Waals surface area contributed by atoms with Gasteiger partial charge in [0.15, 0.2) is 9.84 Å². The van der Waals surface area contributed by atoms with E-state index in [0.29, 0.717) is 0 Å². The van der Waals surface area contributed by atoms with Gasteiger partial charge in [-0.1, -0.05) is 27.7 Å². The molecule has 22 heavy (non-hydrogen) atoms. The van der Waals surface area contributed by atoms with Crippen molar-refractivity contribution < 1.29 is 18.0 Å². The second-order valence-corrected chi connectivity index (χ2v) is 9.78. The van der Waals surface area contributed by atoms with E-state index in [0.717, 1.165) is 0 Å². The van der Waals surface area contributed by atoms with Crippen molar-refractivity contribution in [2.75, 3.05) is 25.1 Å². The summed E-state index contributed by atoms with van der Waals surface area (Å²) in [5, 5.41) is 2.50. The Bertz CT molecular complexity index is 581. The summed E-state index contributed by atoms with van der Waals surface area (Å²) in [6, 6.07) is -0.557. The maximum absolute atomic E-state index is 12.9. The molecular formula is C15H26N2O4S. The van der Waals surface area contributed by atoms with Crippen LogP contribution in [0.2, 0.25) is 0 Å². The Morgan fingerprint density at radius 1 is 1.18 bits per heavy atom. The average molecular weight is 330 g/mol. The second kappa shape index (κ2) is 5.22. The van der Waals surface area contributed by atoms with Crippen LogP contribution < -0.4 is 5.32 Å². The second-order valence-electron chi connectivity index (χ2n) is 7.55. The van der Waals surface area contributed by atoms with E-state index in [9.17, 15) is 18.0 Å². The van der Waals surface area contributed by atoms with Gasteiger partial charge in [-0.05, 0) is 10.8 Å². The molecular weight excluding hydrogens is 304 g/mol. The first-order valence-corrected chi connectivity index (χ1v) is 9.47. The lowest BCUT2D eigenvalue weighted by Crippen LogP contribution is -2.53. The van der Waals surface area contributed by atoms with Gasteiger partial charge in [0.2, 0.25) is 11.8 Å². The zero-order valence-electron chi connectivity index (χ0n) is 14.0. The summed E-state index contributed by atoms with van der Waals surface area (Å²) in [5.41, 5.74) is -0.198. The molecule has 0 spiro atoms. The minimum Gasteiger partial charge on any atom is -0.359 e. The van der Waals surface area contributed by atoms with Crippen LogP contribution >= 0.6 is 0 Å². The van der Waals surface area contributed by atoms with E-state index in [1.807, 2.05) is 0 Å². The summed E-state index contributed by atoms with van der Waals surface area (Å²) in [6.07, 6.45) is 0.0368. The Hall–Kier alpha value is -1.11. The molecule has 1 N–H and O–H groups in total. The van der Waals surface area contributed by atoms with Crippen molar-refractivity contribution >= 4 is 21.7 Å². The molecule has 1 unspecified atom stereocenters. The summed E-state index contributed by atoms with van der Waals surface area (Å²) in [7, 11) is -1.68. The van der Waals surface area contributed by atoms with E-state index in [1.165, 1.54) is 7.05 Å². The molecule has 1 aliphatic carbocycles. The molecule has 2 rings (SSSR count). The third-order valence-corrected chi connectivity index (χ3v) is 7.48. The molecule has 1 aliphatic heterocycles. The predicted octanol–water partition coefficient (Wildman–Crippen LogP) is 0.430. The average Bonchev–Trinajstić information content (AvgIpc) is 2.78. The van der Waals surface area contributed by atoms with Crippen LogP contribution in [-0.2, 0) is 19.4 Å². The lowest BCUT2D eigenvalue weighted by molar-refractivity contribution is -0.136. The highest BCUT2D eigenvalue weighted by Crippen LogP contribution is 2.68. The van der Waals surface area contributed by atoms with Crippen molar-refractivity contribution in [3.63, 3.8) is 0 Å². The molecule has 2 fully saturated rings. The zero-order valence-corrected chi connectivity index (χ0v) is 14.8. The smallest absolute Gasteiger partial charge is 0.227 e. The first-order valence-electron chi connectivity index (χ1n) is 7.65. The summed E-state index contributed by atoms with van der Waals surface area (Å²) < 4.78 is 23.7. The van der Waals surface area contributed by atoms with Crippen molar-refractivity contribution in [1.82, 2.24) is 10.2 Å². The molecule has 2 amide bonds. The minimum absolute atomic E-state index is 0.0150. The van der Waals surface area contributed by atoms with Crippen LogP contribution in [-0.4, -0.2) is 56.3 Å². The van der Waals surface area contributed by atoms with Gasteiger partial charge in [-0.25, -0.2) is 8.42 Å². The molecule has 0 aromatic heterocycles.